The van der Waals surface area contributed by atoms with Crippen molar-refractivity contribution in [3.63, 3.8) is 0 Å². The Morgan fingerprint density at radius 3 is 3.00 bits per heavy atom. The number of nitrogens with zero attached hydrogens (tertiary/aromatic N) is 1. The molecule has 1 saturated carbocycles. The van der Waals surface area contributed by atoms with Crippen molar-refractivity contribution in [2.24, 2.45) is 5.92 Å². The van der Waals surface area contributed by atoms with Gasteiger partial charge in [0.15, 0.2) is 0 Å². The van der Waals surface area contributed by atoms with Crippen LogP contribution in [0.4, 0.5) is 5.69 Å². The summed E-state index contributed by atoms with van der Waals surface area (Å²) in [6.07, 6.45) is 3.75. The number of hydrogen-bond acceptors (Lipinski definition) is 4. The van der Waals surface area contributed by atoms with Gasteiger partial charge in [-0.05, 0) is 30.9 Å². The maximum absolute atomic E-state index is 11.0. The van der Waals surface area contributed by atoms with Gasteiger partial charge in [0.2, 0.25) is 0 Å². The summed E-state index contributed by atoms with van der Waals surface area (Å²) in [5, 5.41) is 25.0. The van der Waals surface area contributed by atoms with Crippen molar-refractivity contribution in [1.82, 2.24) is 5.32 Å². The molecule has 0 aromatic heterocycles. The number of rotatable bonds is 5. The normalized spacial score (nSPS) is 25.8. The molecule has 0 aliphatic heterocycles. The van der Waals surface area contributed by atoms with Crippen molar-refractivity contribution < 1.29 is 10.0 Å². The van der Waals surface area contributed by atoms with Gasteiger partial charge >= 0.3 is 0 Å². The van der Waals surface area contributed by atoms with E-state index < -0.39 is 10.5 Å². The number of halogens is 1. The van der Waals surface area contributed by atoms with E-state index in [1.807, 2.05) is 0 Å². The second-order valence-electron chi connectivity index (χ2n) is 6.06. The number of nitro groups is 1. The van der Waals surface area contributed by atoms with E-state index in [0.717, 1.165) is 25.7 Å². The third-order valence-corrected chi connectivity index (χ3v) is 4.32. The summed E-state index contributed by atoms with van der Waals surface area (Å²) in [5.41, 5.74) is -0.102. The highest BCUT2D eigenvalue weighted by molar-refractivity contribution is 6.30. The van der Waals surface area contributed by atoms with Gasteiger partial charge in [0.05, 0.1) is 10.5 Å². The Labute approximate surface area is 129 Å². The average Bonchev–Trinajstić information content (AvgIpc) is 2.39. The minimum atomic E-state index is -0.696. The third kappa shape index (κ3) is 4.40. The van der Waals surface area contributed by atoms with Crippen LogP contribution in [0, 0.1) is 16.0 Å². The van der Waals surface area contributed by atoms with Gasteiger partial charge < -0.3 is 10.4 Å². The summed E-state index contributed by atoms with van der Waals surface area (Å²) >= 11 is 5.79. The molecule has 116 valence electrons. The molecule has 21 heavy (non-hydrogen) atoms. The largest absolute Gasteiger partial charge is 0.389 e. The first-order valence-electron chi connectivity index (χ1n) is 7.25. The first-order valence-corrected chi connectivity index (χ1v) is 7.63. The summed E-state index contributed by atoms with van der Waals surface area (Å²) in [4.78, 5) is 10.6. The zero-order chi connectivity index (χ0) is 15.5. The van der Waals surface area contributed by atoms with Crippen LogP contribution in [-0.2, 0) is 6.54 Å². The van der Waals surface area contributed by atoms with Crippen molar-refractivity contribution in [1.29, 1.82) is 0 Å². The van der Waals surface area contributed by atoms with Gasteiger partial charge in [-0.1, -0.05) is 31.4 Å². The number of hydrogen-bond donors (Lipinski definition) is 2. The van der Waals surface area contributed by atoms with Gasteiger partial charge in [-0.25, -0.2) is 0 Å². The van der Waals surface area contributed by atoms with E-state index in [1.165, 1.54) is 6.07 Å². The van der Waals surface area contributed by atoms with Gasteiger partial charge in [-0.15, -0.1) is 0 Å². The maximum Gasteiger partial charge on any atom is 0.275 e. The molecule has 0 spiro atoms. The van der Waals surface area contributed by atoms with E-state index in [9.17, 15) is 15.2 Å². The molecular weight excluding hydrogens is 292 g/mol. The second kappa shape index (κ2) is 6.73. The third-order valence-electron chi connectivity index (χ3n) is 4.08. The lowest BCUT2D eigenvalue weighted by molar-refractivity contribution is -0.385. The first kappa shape index (κ1) is 16.2. The number of nitrogens with one attached hydrogen (secondary N) is 1. The molecule has 1 fully saturated rings. The zero-order valence-electron chi connectivity index (χ0n) is 12.1. The van der Waals surface area contributed by atoms with Crippen molar-refractivity contribution >= 4 is 17.3 Å². The maximum atomic E-state index is 11.0. The van der Waals surface area contributed by atoms with Crippen LogP contribution in [0.15, 0.2) is 18.2 Å². The van der Waals surface area contributed by atoms with Crippen molar-refractivity contribution in [3.05, 3.63) is 38.9 Å². The summed E-state index contributed by atoms with van der Waals surface area (Å²) in [5.74, 6) is 0.524. The monoisotopic (exact) mass is 312 g/mol. The Kier molecular flexibility index (Phi) is 5.19. The van der Waals surface area contributed by atoms with Crippen LogP contribution in [0.2, 0.25) is 5.02 Å². The minimum Gasteiger partial charge on any atom is -0.389 e. The average molecular weight is 313 g/mol. The van der Waals surface area contributed by atoms with Crippen molar-refractivity contribution in [2.75, 3.05) is 6.54 Å². The predicted octanol–water partition coefficient (Wildman–Crippen LogP) is 3.28. The highest BCUT2D eigenvalue weighted by Gasteiger charge is 2.32. The molecule has 0 bridgehead atoms. The van der Waals surface area contributed by atoms with E-state index in [4.69, 9.17) is 11.6 Å². The van der Waals surface area contributed by atoms with E-state index in [-0.39, 0.29) is 5.69 Å². The van der Waals surface area contributed by atoms with Crippen LogP contribution in [0.25, 0.3) is 0 Å². The molecule has 2 atom stereocenters. The van der Waals surface area contributed by atoms with E-state index in [2.05, 4.69) is 12.2 Å². The fourth-order valence-corrected chi connectivity index (χ4v) is 3.25. The van der Waals surface area contributed by atoms with Gasteiger partial charge in [0.1, 0.15) is 0 Å². The Hall–Kier alpha value is -1.17. The van der Waals surface area contributed by atoms with E-state index >= 15 is 0 Å². The lowest BCUT2D eigenvalue weighted by Gasteiger charge is -2.35. The topological polar surface area (TPSA) is 75.4 Å². The molecule has 0 amide bonds. The smallest absolute Gasteiger partial charge is 0.275 e. The summed E-state index contributed by atoms with van der Waals surface area (Å²) < 4.78 is 0. The fourth-order valence-electron chi connectivity index (χ4n) is 3.08. The number of aliphatic hydroxyl groups is 1. The Bertz CT molecular complexity index is 524. The molecule has 0 heterocycles. The summed E-state index contributed by atoms with van der Waals surface area (Å²) in [7, 11) is 0. The molecule has 0 radical (unpaired) electrons. The molecule has 1 aromatic rings. The van der Waals surface area contributed by atoms with Crippen LogP contribution in [0.5, 0.6) is 0 Å². The zero-order valence-corrected chi connectivity index (χ0v) is 12.9. The number of nitro benzene ring substituents is 1. The minimum absolute atomic E-state index is 0.0130. The Morgan fingerprint density at radius 2 is 2.33 bits per heavy atom. The molecular formula is C15H21ClN2O3. The van der Waals surface area contributed by atoms with E-state index in [1.54, 1.807) is 12.1 Å². The van der Waals surface area contributed by atoms with Gasteiger partial charge in [-0.3, -0.25) is 10.1 Å². The standard InChI is InChI=1S/C15H21ClN2O3/c1-11-3-2-6-15(19,8-11)10-17-9-12-4-5-13(16)7-14(12)18(20)21/h4-5,7,11,17,19H,2-3,6,8-10H2,1H3. The predicted molar refractivity (Wildman–Crippen MR) is 82.4 cm³/mol. The lowest BCUT2D eigenvalue weighted by atomic mass is 9.79. The molecule has 2 unspecified atom stereocenters. The van der Waals surface area contributed by atoms with Gasteiger partial charge in [0.25, 0.3) is 5.69 Å². The molecule has 1 aliphatic rings. The van der Waals surface area contributed by atoms with Gasteiger partial charge in [0, 0.05) is 29.7 Å². The molecule has 1 aliphatic carbocycles. The molecule has 2 rings (SSSR count). The first-order chi connectivity index (χ1) is 9.89. The SMILES string of the molecule is CC1CCCC(O)(CNCc2ccc(Cl)cc2[N+](=O)[O-])C1. The summed E-state index contributed by atoms with van der Waals surface area (Å²) in [6.45, 7) is 2.95. The van der Waals surface area contributed by atoms with E-state index in [0.29, 0.717) is 29.6 Å². The van der Waals surface area contributed by atoms with Crippen molar-refractivity contribution in [2.45, 2.75) is 44.8 Å². The highest BCUT2D eigenvalue weighted by atomic mass is 35.5. The number of benzene rings is 1. The lowest BCUT2D eigenvalue weighted by Crippen LogP contribution is -2.43. The quantitative estimate of drug-likeness (QED) is 0.646. The van der Waals surface area contributed by atoms with Crippen LogP contribution >= 0.6 is 11.6 Å². The van der Waals surface area contributed by atoms with Crippen LogP contribution < -0.4 is 5.32 Å². The van der Waals surface area contributed by atoms with Crippen LogP contribution in [0.3, 0.4) is 0 Å². The van der Waals surface area contributed by atoms with Crippen molar-refractivity contribution in [3.8, 4) is 0 Å². The molecule has 2 N–H and O–H groups in total. The highest BCUT2D eigenvalue weighted by Crippen LogP contribution is 2.31. The Balaban J connectivity index is 1.96. The molecule has 1 aromatic carbocycles. The Morgan fingerprint density at radius 1 is 1.57 bits per heavy atom. The molecule has 5 nitrogen and oxygen atoms in total. The second-order valence-corrected chi connectivity index (χ2v) is 6.50. The molecule has 6 heteroatoms. The van der Waals surface area contributed by atoms with Crippen LogP contribution in [0.1, 0.15) is 38.2 Å². The van der Waals surface area contributed by atoms with Crippen LogP contribution in [-0.4, -0.2) is 22.2 Å². The van der Waals surface area contributed by atoms with Gasteiger partial charge in [-0.2, -0.15) is 0 Å². The fraction of sp³-hybridized carbons (Fsp3) is 0.600. The molecule has 0 saturated heterocycles. The summed E-state index contributed by atoms with van der Waals surface area (Å²) in [6, 6.07) is 4.65.